The first-order valence-electron chi connectivity index (χ1n) is 8.57. The lowest BCUT2D eigenvalue weighted by molar-refractivity contribution is -0.140. The van der Waals surface area contributed by atoms with Crippen LogP contribution in [0.5, 0.6) is 0 Å². The first-order valence-corrected chi connectivity index (χ1v) is 11.7. The summed E-state index contributed by atoms with van der Waals surface area (Å²) in [5.41, 5.74) is 0. The van der Waals surface area contributed by atoms with E-state index in [-0.39, 0.29) is 26.6 Å². The molecule has 0 saturated carbocycles. The van der Waals surface area contributed by atoms with E-state index in [0.29, 0.717) is 6.61 Å². The van der Waals surface area contributed by atoms with Gasteiger partial charge in [-0.05, 0) is 65.9 Å². The van der Waals surface area contributed by atoms with Crippen molar-refractivity contribution in [2.75, 3.05) is 6.61 Å². The van der Waals surface area contributed by atoms with Gasteiger partial charge in [-0.1, -0.05) is 54.6 Å². The maximum atomic E-state index is 12.9. The van der Waals surface area contributed by atoms with Gasteiger partial charge in [0.2, 0.25) is 3.67 Å². The van der Waals surface area contributed by atoms with Gasteiger partial charge in [0.05, 0.1) is 6.61 Å². The molecule has 3 rings (SSSR count). The van der Waals surface area contributed by atoms with Crippen LogP contribution in [0.4, 0.5) is 0 Å². The second-order valence-electron chi connectivity index (χ2n) is 5.82. The maximum Gasteiger partial charge on any atom is 0.358 e. The molecule has 0 N–H and O–H groups in total. The van der Waals surface area contributed by atoms with Gasteiger partial charge in [0.15, 0.2) is 0 Å². The van der Waals surface area contributed by atoms with E-state index in [1.807, 2.05) is 61.5 Å². The number of hydrogen-bond donors (Lipinski definition) is 0. The summed E-state index contributed by atoms with van der Waals surface area (Å²) in [7, 11) is -2.22. The van der Waals surface area contributed by atoms with Crippen molar-refractivity contribution in [1.29, 1.82) is 0 Å². The fourth-order valence-electron chi connectivity index (χ4n) is 3.20. The number of carbonyl (C=O) groups excluding carboxylic acids is 1. The predicted molar refractivity (Wildman–Crippen MR) is 120 cm³/mol. The highest BCUT2D eigenvalue weighted by molar-refractivity contribution is 14.1. The average molecular weight is 555 g/mol. The van der Waals surface area contributed by atoms with Crippen LogP contribution in [-0.2, 0) is 9.53 Å². The minimum absolute atomic E-state index is 0. The maximum absolute atomic E-state index is 12.9. The van der Waals surface area contributed by atoms with E-state index in [9.17, 15) is 4.79 Å². The molecule has 3 aromatic rings. The summed E-state index contributed by atoms with van der Waals surface area (Å²) in [4.78, 5) is 12.9. The lowest BCUT2D eigenvalue weighted by Crippen LogP contribution is -3.00. The monoisotopic (exact) mass is 554 g/mol. The van der Waals surface area contributed by atoms with Crippen LogP contribution in [0.25, 0.3) is 0 Å². The lowest BCUT2D eigenvalue weighted by Gasteiger charge is -2.30. The van der Waals surface area contributed by atoms with Crippen molar-refractivity contribution >= 4 is 51.7 Å². The van der Waals surface area contributed by atoms with Gasteiger partial charge in [0, 0.05) is 0 Å². The fraction of sp³-hybridized carbons (Fsp3) is 0.136. The Hall–Kier alpha value is -1.23. The summed E-state index contributed by atoms with van der Waals surface area (Å²) in [5, 5.41) is 3.56. The van der Waals surface area contributed by atoms with Gasteiger partial charge < -0.3 is 21.7 Å². The molecular weight excluding hydrogens is 534 g/mol. The number of esters is 1. The summed E-state index contributed by atoms with van der Waals surface area (Å²) < 4.78 is 5.16. The SMILES string of the molecule is CCOC(=O)C(I)[P+](c1ccccc1)(c1ccccc1)c1ccccc1.[Br-]. The Kier molecular flexibility index (Phi) is 8.46. The highest BCUT2D eigenvalue weighted by Gasteiger charge is 2.55. The lowest BCUT2D eigenvalue weighted by atomic mass is 10.4. The number of rotatable bonds is 6. The molecule has 27 heavy (non-hydrogen) atoms. The molecule has 0 fully saturated rings. The molecule has 0 aliphatic carbocycles. The Labute approximate surface area is 185 Å². The van der Waals surface area contributed by atoms with Crippen molar-refractivity contribution in [2.45, 2.75) is 10.6 Å². The predicted octanol–water partition coefficient (Wildman–Crippen LogP) is 1.31. The van der Waals surface area contributed by atoms with Crippen LogP contribution in [0.15, 0.2) is 91.0 Å². The van der Waals surface area contributed by atoms with E-state index >= 15 is 0 Å². The van der Waals surface area contributed by atoms with E-state index < -0.39 is 7.26 Å². The first-order chi connectivity index (χ1) is 12.7. The third-order valence-electron chi connectivity index (χ3n) is 4.31. The molecule has 0 aromatic heterocycles. The Balaban J connectivity index is 0.00000261. The van der Waals surface area contributed by atoms with Gasteiger partial charge in [-0.25, -0.2) is 4.79 Å². The van der Waals surface area contributed by atoms with Crippen LogP contribution in [0.3, 0.4) is 0 Å². The second-order valence-corrected chi connectivity index (χ2v) is 11.6. The van der Waals surface area contributed by atoms with Gasteiger partial charge in [-0.15, -0.1) is 0 Å². The molecule has 0 heterocycles. The van der Waals surface area contributed by atoms with E-state index in [4.69, 9.17) is 4.74 Å². The normalized spacial score (nSPS) is 11.9. The van der Waals surface area contributed by atoms with E-state index in [0.717, 1.165) is 0 Å². The zero-order valence-electron chi connectivity index (χ0n) is 15.0. The quantitative estimate of drug-likeness (QED) is 0.199. The number of ether oxygens (including phenoxy) is 1. The van der Waals surface area contributed by atoms with Crippen molar-refractivity contribution in [3.05, 3.63) is 91.0 Å². The van der Waals surface area contributed by atoms with Crippen LogP contribution in [0.2, 0.25) is 0 Å². The molecule has 0 aliphatic heterocycles. The Morgan fingerprint density at radius 3 is 1.44 bits per heavy atom. The molecule has 3 aromatic carbocycles. The summed E-state index contributed by atoms with van der Waals surface area (Å²) in [5.74, 6) is -0.155. The molecule has 140 valence electrons. The van der Waals surface area contributed by atoms with Crippen molar-refractivity contribution in [2.24, 2.45) is 0 Å². The summed E-state index contributed by atoms with van der Waals surface area (Å²) in [6.45, 7) is 2.24. The molecule has 1 unspecified atom stereocenters. The fourth-order valence-corrected chi connectivity index (χ4v) is 10.3. The molecule has 0 spiro atoms. The van der Waals surface area contributed by atoms with Gasteiger partial charge in [-0.2, -0.15) is 0 Å². The van der Waals surface area contributed by atoms with Crippen LogP contribution < -0.4 is 32.9 Å². The van der Waals surface area contributed by atoms with Crippen LogP contribution in [-0.4, -0.2) is 16.2 Å². The number of carbonyl (C=O) groups is 1. The van der Waals surface area contributed by atoms with Crippen LogP contribution in [0, 0.1) is 0 Å². The molecule has 0 bridgehead atoms. The second kappa shape index (κ2) is 10.4. The third-order valence-corrected chi connectivity index (χ3v) is 11.6. The topological polar surface area (TPSA) is 26.3 Å². The zero-order valence-corrected chi connectivity index (χ0v) is 19.6. The molecule has 1 atom stereocenters. The van der Waals surface area contributed by atoms with E-state index in [1.165, 1.54) is 15.9 Å². The van der Waals surface area contributed by atoms with Crippen molar-refractivity contribution in [3.8, 4) is 0 Å². The number of hydrogen-bond acceptors (Lipinski definition) is 2. The standard InChI is InChI=1S/C22H21IO2P.BrH/c1-2-25-22(24)21(23)26(18-12-6-3-7-13-18,19-14-8-4-9-15-19)20-16-10-5-11-17-20;/h3-17,21H,2H2,1H3;1H/q+1;/p-1. The summed E-state index contributed by atoms with van der Waals surface area (Å²) >= 11 is 2.29. The number of halogens is 2. The molecule has 0 saturated heterocycles. The molecule has 2 nitrogen and oxygen atoms in total. The molecule has 0 amide bonds. The summed E-state index contributed by atoms with van der Waals surface area (Å²) in [6, 6.07) is 31.1. The van der Waals surface area contributed by atoms with Gasteiger partial charge in [0.1, 0.15) is 23.2 Å². The van der Waals surface area contributed by atoms with Crippen LogP contribution >= 0.6 is 29.9 Å². The molecule has 0 aliphatic rings. The van der Waals surface area contributed by atoms with Crippen molar-refractivity contribution < 1.29 is 26.5 Å². The Morgan fingerprint density at radius 2 is 1.15 bits per heavy atom. The van der Waals surface area contributed by atoms with Crippen molar-refractivity contribution in [3.63, 3.8) is 0 Å². The number of alkyl halides is 1. The minimum Gasteiger partial charge on any atom is -1.00 e. The highest BCUT2D eigenvalue weighted by atomic mass is 127. The molecular formula is C22H21BrIO2P. The summed E-state index contributed by atoms with van der Waals surface area (Å²) in [6.07, 6.45) is 0. The van der Waals surface area contributed by atoms with Gasteiger partial charge >= 0.3 is 5.97 Å². The highest BCUT2D eigenvalue weighted by Crippen LogP contribution is 2.62. The molecule has 0 radical (unpaired) electrons. The van der Waals surface area contributed by atoms with E-state index in [2.05, 4.69) is 59.0 Å². The Morgan fingerprint density at radius 1 is 0.815 bits per heavy atom. The third kappa shape index (κ3) is 4.44. The Bertz CT molecular complexity index is 747. The smallest absolute Gasteiger partial charge is 0.358 e. The van der Waals surface area contributed by atoms with Crippen LogP contribution in [0.1, 0.15) is 6.92 Å². The minimum atomic E-state index is -2.22. The first kappa shape index (κ1) is 22.1. The van der Waals surface area contributed by atoms with Gasteiger partial charge in [-0.3, -0.25) is 0 Å². The largest absolute Gasteiger partial charge is 1.00 e. The van der Waals surface area contributed by atoms with Crippen molar-refractivity contribution in [1.82, 2.24) is 0 Å². The number of benzene rings is 3. The zero-order chi connectivity index (χ0) is 18.4. The van der Waals surface area contributed by atoms with E-state index in [1.54, 1.807) is 0 Å². The molecule has 5 heteroatoms. The average Bonchev–Trinajstić information content (AvgIpc) is 2.71. The van der Waals surface area contributed by atoms with Gasteiger partial charge in [0.25, 0.3) is 0 Å².